The number of aryl methyl sites for hydroxylation is 1. The second-order valence-corrected chi connectivity index (χ2v) is 2.86. The molecule has 0 aliphatic rings. The Morgan fingerprint density at radius 3 is 2.77 bits per heavy atom. The number of rotatable bonds is 3. The maximum Gasteiger partial charge on any atom is 0.233 e. The van der Waals surface area contributed by atoms with Gasteiger partial charge in [-0.15, -0.1) is 0 Å². The van der Waals surface area contributed by atoms with Crippen LogP contribution in [0.15, 0.2) is 6.07 Å². The van der Waals surface area contributed by atoms with Crippen LogP contribution in [0.25, 0.3) is 0 Å². The second kappa shape index (κ2) is 3.84. The number of ketones is 1. The first-order valence-electron chi connectivity index (χ1n) is 3.89. The lowest BCUT2D eigenvalue weighted by Gasteiger charge is -1.97. The van der Waals surface area contributed by atoms with E-state index in [1.165, 1.54) is 6.92 Å². The van der Waals surface area contributed by atoms with E-state index in [1.807, 2.05) is 6.92 Å². The molecule has 1 rings (SSSR count). The molecule has 0 unspecified atom stereocenters. The van der Waals surface area contributed by atoms with Gasteiger partial charge in [-0.25, -0.2) is 0 Å². The zero-order chi connectivity index (χ0) is 9.84. The van der Waals surface area contributed by atoms with E-state index in [2.05, 4.69) is 15.5 Å². The Morgan fingerprint density at radius 1 is 1.62 bits per heavy atom. The summed E-state index contributed by atoms with van der Waals surface area (Å²) in [5.41, 5.74) is 0.859. The molecule has 1 heterocycles. The van der Waals surface area contributed by atoms with Gasteiger partial charge in [0.05, 0.1) is 6.42 Å². The molecule has 70 valence electrons. The molecule has 2 N–H and O–H groups in total. The Kier molecular flexibility index (Phi) is 2.79. The van der Waals surface area contributed by atoms with Crippen LogP contribution in [0, 0.1) is 6.92 Å². The summed E-state index contributed by atoms with van der Waals surface area (Å²) in [6.07, 6.45) is -0.105. The molecule has 0 aromatic carbocycles. The van der Waals surface area contributed by atoms with Gasteiger partial charge in [0.25, 0.3) is 0 Å². The Labute approximate surface area is 75.5 Å². The molecule has 0 radical (unpaired) electrons. The van der Waals surface area contributed by atoms with E-state index >= 15 is 0 Å². The highest BCUT2D eigenvalue weighted by Crippen LogP contribution is 2.03. The van der Waals surface area contributed by atoms with Gasteiger partial charge < -0.3 is 5.32 Å². The molecule has 0 saturated carbocycles. The summed E-state index contributed by atoms with van der Waals surface area (Å²) >= 11 is 0. The quantitative estimate of drug-likeness (QED) is 0.672. The number of Topliss-reactive ketones (excluding diaryl/α,β-unsaturated/α-hetero) is 1. The number of hydrogen-bond donors (Lipinski definition) is 2. The van der Waals surface area contributed by atoms with Gasteiger partial charge in [-0.05, 0) is 13.8 Å². The predicted octanol–water partition coefficient (Wildman–Crippen LogP) is 0.636. The fourth-order valence-electron chi connectivity index (χ4n) is 0.895. The number of carbonyl (C=O) groups is 2. The molecule has 5 nitrogen and oxygen atoms in total. The third kappa shape index (κ3) is 3.06. The number of nitrogens with one attached hydrogen (secondary N) is 2. The molecule has 0 fully saturated rings. The average Bonchev–Trinajstić information content (AvgIpc) is 2.33. The van der Waals surface area contributed by atoms with E-state index in [0.717, 1.165) is 5.69 Å². The SMILES string of the molecule is CC(=O)CC(=O)Nc1cc(C)[nH]n1. The molecule has 1 aromatic heterocycles. The Hall–Kier alpha value is -1.65. The van der Waals surface area contributed by atoms with Crippen molar-refractivity contribution >= 4 is 17.5 Å². The van der Waals surface area contributed by atoms with Crippen molar-refractivity contribution in [1.82, 2.24) is 10.2 Å². The molecule has 0 aliphatic heterocycles. The lowest BCUT2D eigenvalue weighted by molar-refractivity contribution is -0.124. The van der Waals surface area contributed by atoms with Gasteiger partial charge in [0.2, 0.25) is 5.91 Å². The predicted molar refractivity (Wildman–Crippen MR) is 47.3 cm³/mol. The zero-order valence-electron chi connectivity index (χ0n) is 7.55. The maximum atomic E-state index is 11.0. The number of H-pyrrole nitrogens is 1. The number of aromatic amines is 1. The Morgan fingerprint density at radius 2 is 2.31 bits per heavy atom. The smallest absolute Gasteiger partial charge is 0.233 e. The summed E-state index contributed by atoms with van der Waals surface area (Å²) in [5, 5.41) is 8.96. The summed E-state index contributed by atoms with van der Waals surface area (Å²) in [4.78, 5) is 21.6. The molecule has 13 heavy (non-hydrogen) atoms. The number of carbonyl (C=O) groups excluding carboxylic acids is 2. The molecule has 1 amide bonds. The first-order valence-corrected chi connectivity index (χ1v) is 3.89. The highest BCUT2D eigenvalue weighted by molar-refractivity contribution is 6.03. The summed E-state index contributed by atoms with van der Waals surface area (Å²) in [7, 11) is 0. The van der Waals surface area contributed by atoms with Crippen molar-refractivity contribution < 1.29 is 9.59 Å². The molecule has 1 aromatic rings. The van der Waals surface area contributed by atoms with E-state index in [4.69, 9.17) is 0 Å². The van der Waals surface area contributed by atoms with Crippen LogP contribution in [0.4, 0.5) is 5.82 Å². The Bertz CT molecular complexity index is 330. The van der Waals surface area contributed by atoms with Crippen molar-refractivity contribution in [3.8, 4) is 0 Å². The molecule has 0 bridgehead atoms. The first-order chi connectivity index (χ1) is 6.08. The van der Waals surface area contributed by atoms with E-state index in [0.29, 0.717) is 5.82 Å². The van der Waals surface area contributed by atoms with Gasteiger partial charge in [0, 0.05) is 11.8 Å². The minimum absolute atomic E-state index is 0.105. The molecule has 0 saturated heterocycles. The van der Waals surface area contributed by atoms with Crippen LogP contribution < -0.4 is 5.32 Å². The second-order valence-electron chi connectivity index (χ2n) is 2.86. The average molecular weight is 181 g/mol. The minimum Gasteiger partial charge on any atom is -0.309 e. The zero-order valence-corrected chi connectivity index (χ0v) is 7.55. The van der Waals surface area contributed by atoms with Crippen molar-refractivity contribution in [2.75, 3.05) is 5.32 Å². The lowest BCUT2D eigenvalue weighted by atomic mass is 10.3. The van der Waals surface area contributed by atoms with Crippen molar-refractivity contribution in [3.05, 3.63) is 11.8 Å². The number of hydrogen-bond acceptors (Lipinski definition) is 3. The molecule has 5 heteroatoms. The normalized spacial score (nSPS) is 9.69. The third-order valence-corrected chi connectivity index (χ3v) is 1.38. The molecule has 0 atom stereocenters. The van der Waals surface area contributed by atoms with Gasteiger partial charge in [0.15, 0.2) is 5.82 Å². The highest BCUT2D eigenvalue weighted by Gasteiger charge is 2.06. The third-order valence-electron chi connectivity index (χ3n) is 1.38. The van der Waals surface area contributed by atoms with Gasteiger partial charge in [0.1, 0.15) is 5.78 Å². The van der Waals surface area contributed by atoms with Gasteiger partial charge >= 0.3 is 0 Å². The number of amides is 1. The van der Waals surface area contributed by atoms with E-state index in [1.54, 1.807) is 6.07 Å². The summed E-state index contributed by atoms with van der Waals surface area (Å²) in [5.74, 6) is -0.0486. The van der Waals surface area contributed by atoms with Crippen molar-refractivity contribution in [2.24, 2.45) is 0 Å². The first kappa shape index (κ1) is 9.44. The van der Waals surface area contributed by atoms with Crippen LogP contribution in [0.2, 0.25) is 0 Å². The van der Waals surface area contributed by atoms with Gasteiger partial charge in [-0.1, -0.05) is 0 Å². The topological polar surface area (TPSA) is 74.8 Å². The number of nitrogens with zero attached hydrogens (tertiary/aromatic N) is 1. The Balaban J connectivity index is 2.50. The van der Waals surface area contributed by atoms with Crippen LogP contribution in [0.3, 0.4) is 0 Å². The number of anilines is 1. The monoisotopic (exact) mass is 181 g/mol. The van der Waals surface area contributed by atoms with E-state index in [9.17, 15) is 9.59 Å². The largest absolute Gasteiger partial charge is 0.309 e. The van der Waals surface area contributed by atoms with Crippen LogP contribution in [0.1, 0.15) is 19.0 Å². The van der Waals surface area contributed by atoms with Crippen LogP contribution in [0.5, 0.6) is 0 Å². The standard InChI is InChI=1S/C8H11N3O2/c1-5-3-7(11-10-5)9-8(13)4-6(2)12/h3H,4H2,1-2H3,(H2,9,10,11,13). The van der Waals surface area contributed by atoms with Crippen molar-refractivity contribution in [1.29, 1.82) is 0 Å². The molecular weight excluding hydrogens is 170 g/mol. The fraction of sp³-hybridized carbons (Fsp3) is 0.375. The number of aromatic nitrogens is 2. The van der Waals surface area contributed by atoms with E-state index < -0.39 is 0 Å². The summed E-state index contributed by atoms with van der Waals surface area (Å²) in [6.45, 7) is 3.20. The molecule has 0 spiro atoms. The lowest BCUT2D eigenvalue weighted by Crippen LogP contribution is -2.14. The van der Waals surface area contributed by atoms with Crippen LogP contribution in [-0.2, 0) is 9.59 Å². The molecular formula is C8H11N3O2. The minimum atomic E-state index is -0.334. The van der Waals surface area contributed by atoms with Crippen LogP contribution in [-0.4, -0.2) is 21.9 Å². The molecule has 0 aliphatic carbocycles. The van der Waals surface area contributed by atoms with Crippen molar-refractivity contribution in [2.45, 2.75) is 20.3 Å². The summed E-state index contributed by atoms with van der Waals surface area (Å²) < 4.78 is 0. The maximum absolute atomic E-state index is 11.0. The van der Waals surface area contributed by atoms with E-state index in [-0.39, 0.29) is 18.1 Å². The van der Waals surface area contributed by atoms with Crippen molar-refractivity contribution in [3.63, 3.8) is 0 Å². The van der Waals surface area contributed by atoms with Gasteiger partial charge in [-0.3, -0.25) is 14.7 Å². The van der Waals surface area contributed by atoms with Gasteiger partial charge in [-0.2, -0.15) is 5.10 Å². The highest BCUT2D eigenvalue weighted by atomic mass is 16.2. The van der Waals surface area contributed by atoms with Crippen LogP contribution >= 0.6 is 0 Å². The fourth-order valence-corrected chi connectivity index (χ4v) is 0.895. The summed E-state index contributed by atoms with van der Waals surface area (Å²) in [6, 6.07) is 1.69.